The smallest absolute Gasteiger partial charge is 0.409 e. The van der Waals surface area contributed by atoms with Gasteiger partial charge in [0.1, 0.15) is 5.82 Å². The van der Waals surface area contributed by atoms with E-state index in [-0.39, 0.29) is 6.09 Å². The largest absolute Gasteiger partial charge is 0.450 e. The third kappa shape index (κ3) is 4.47. The van der Waals surface area contributed by atoms with Gasteiger partial charge in [0.05, 0.1) is 16.7 Å². The number of ether oxygens (including phenoxy) is 1. The van der Waals surface area contributed by atoms with Crippen molar-refractivity contribution in [1.82, 2.24) is 14.9 Å². The molecule has 1 saturated heterocycles. The highest BCUT2D eigenvalue weighted by Gasteiger charge is 2.22. The first-order chi connectivity index (χ1) is 12.6. The van der Waals surface area contributed by atoms with Gasteiger partial charge in [-0.1, -0.05) is 23.2 Å². The fraction of sp³-hybridized carbons (Fsp3) is 0.353. The standard InChI is InChI=1S/C17H19Cl2N5O2/c1-2-26-17(25)24-9-7-23(8-10-24)15-5-6-20-16(22-15)21-12-3-4-13(18)14(19)11-12/h3-6,11H,2,7-10H2,1H3,(H,20,21,22). The quantitative estimate of drug-likeness (QED) is 0.848. The molecule has 2 aromatic rings. The molecule has 1 aliphatic heterocycles. The summed E-state index contributed by atoms with van der Waals surface area (Å²) in [4.78, 5) is 24.4. The summed E-state index contributed by atoms with van der Waals surface area (Å²) in [5.41, 5.74) is 0.753. The molecule has 2 heterocycles. The number of carbonyl (C=O) groups excluding carboxylic acids is 1. The molecule has 0 radical (unpaired) electrons. The summed E-state index contributed by atoms with van der Waals surface area (Å²) in [7, 11) is 0. The number of hydrogen-bond donors (Lipinski definition) is 1. The van der Waals surface area contributed by atoms with Gasteiger partial charge in [0, 0.05) is 38.1 Å². The van der Waals surface area contributed by atoms with Crippen molar-refractivity contribution in [1.29, 1.82) is 0 Å². The lowest BCUT2D eigenvalue weighted by Gasteiger charge is -2.34. The van der Waals surface area contributed by atoms with Gasteiger partial charge in [-0.3, -0.25) is 0 Å². The van der Waals surface area contributed by atoms with Gasteiger partial charge in [-0.25, -0.2) is 9.78 Å². The summed E-state index contributed by atoms with van der Waals surface area (Å²) in [5.74, 6) is 1.26. The highest BCUT2D eigenvalue weighted by atomic mass is 35.5. The number of piperazine rings is 1. The highest BCUT2D eigenvalue weighted by Crippen LogP contribution is 2.26. The second kappa shape index (κ2) is 8.42. The molecule has 1 aliphatic rings. The van der Waals surface area contributed by atoms with Crippen LogP contribution >= 0.6 is 23.2 Å². The molecule has 1 fully saturated rings. The summed E-state index contributed by atoms with van der Waals surface area (Å²) < 4.78 is 5.04. The summed E-state index contributed by atoms with van der Waals surface area (Å²) in [6, 6.07) is 7.09. The minimum Gasteiger partial charge on any atom is -0.450 e. The van der Waals surface area contributed by atoms with E-state index in [9.17, 15) is 4.79 Å². The number of halogens is 2. The van der Waals surface area contributed by atoms with E-state index in [4.69, 9.17) is 27.9 Å². The first kappa shape index (κ1) is 18.5. The molecule has 138 valence electrons. The maximum atomic E-state index is 11.8. The van der Waals surface area contributed by atoms with Crippen LogP contribution in [0, 0.1) is 0 Å². The SMILES string of the molecule is CCOC(=O)N1CCN(c2ccnc(Nc3ccc(Cl)c(Cl)c3)n2)CC1. The molecule has 0 bridgehead atoms. The maximum Gasteiger partial charge on any atom is 0.409 e. The van der Waals surface area contributed by atoms with E-state index in [2.05, 4.69) is 20.2 Å². The molecule has 0 spiro atoms. The van der Waals surface area contributed by atoms with Crippen molar-refractivity contribution in [2.75, 3.05) is 43.0 Å². The second-order valence-electron chi connectivity index (χ2n) is 5.67. The van der Waals surface area contributed by atoms with Crippen LogP contribution in [0.15, 0.2) is 30.5 Å². The number of carbonyl (C=O) groups is 1. The van der Waals surface area contributed by atoms with Gasteiger partial charge in [0.2, 0.25) is 5.95 Å². The number of nitrogens with zero attached hydrogens (tertiary/aromatic N) is 4. The zero-order chi connectivity index (χ0) is 18.5. The first-order valence-corrected chi connectivity index (χ1v) is 9.04. The van der Waals surface area contributed by atoms with E-state index in [1.54, 1.807) is 30.2 Å². The third-order valence-electron chi connectivity index (χ3n) is 3.95. The minimum atomic E-state index is -0.267. The Hall–Kier alpha value is -2.25. The van der Waals surface area contributed by atoms with Crippen molar-refractivity contribution >= 4 is 46.7 Å². The average molecular weight is 396 g/mol. The number of aromatic nitrogens is 2. The van der Waals surface area contributed by atoms with E-state index in [0.717, 1.165) is 11.5 Å². The first-order valence-electron chi connectivity index (χ1n) is 8.28. The van der Waals surface area contributed by atoms with Crippen molar-refractivity contribution in [2.45, 2.75) is 6.92 Å². The Kier molecular flexibility index (Phi) is 6.00. The fourth-order valence-corrected chi connectivity index (χ4v) is 2.92. The van der Waals surface area contributed by atoms with Crippen LogP contribution < -0.4 is 10.2 Å². The van der Waals surface area contributed by atoms with E-state index >= 15 is 0 Å². The third-order valence-corrected chi connectivity index (χ3v) is 4.69. The predicted octanol–water partition coefficient (Wildman–Crippen LogP) is 3.81. The molecule has 0 atom stereocenters. The second-order valence-corrected chi connectivity index (χ2v) is 6.48. The van der Waals surface area contributed by atoms with Crippen LogP contribution in [0.25, 0.3) is 0 Å². The Morgan fingerprint density at radius 1 is 1.19 bits per heavy atom. The van der Waals surface area contributed by atoms with Crippen LogP contribution in [-0.4, -0.2) is 53.7 Å². The Bertz CT molecular complexity index is 781. The van der Waals surface area contributed by atoms with Gasteiger partial charge < -0.3 is 19.9 Å². The van der Waals surface area contributed by atoms with Crippen molar-refractivity contribution in [3.8, 4) is 0 Å². The molecule has 1 aromatic heterocycles. The van der Waals surface area contributed by atoms with Crippen LogP contribution in [0.4, 0.5) is 22.2 Å². The molecule has 0 aliphatic carbocycles. The Morgan fingerprint density at radius 3 is 2.65 bits per heavy atom. The van der Waals surface area contributed by atoms with Crippen LogP contribution in [0.2, 0.25) is 10.0 Å². The van der Waals surface area contributed by atoms with Crippen molar-refractivity contribution in [3.05, 3.63) is 40.5 Å². The van der Waals surface area contributed by atoms with Crippen LogP contribution in [0.1, 0.15) is 6.92 Å². The van der Waals surface area contributed by atoms with E-state index in [1.165, 1.54) is 0 Å². The molecular weight excluding hydrogens is 377 g/mol. The summed E-state index contributed by atoms with van der Waals surface area (Å²) >= 11 is 12.0. The molecule has 1 N–H and O–H groups in total. The lowest BCUT2D eigenvalue weighted by atomic mass is 10.3. The lowest BCUT2D eigenvalue weighted by molar-refractivity contribution is 0.105. The van der Waals surface area contributed by atoms with Crippen molar-refractivity contribution < 1.29 is 9.53 Å². The Balaban J connectivity index is 1.64. The molecule has 0 unspecified atom stereocenters. The molecular formula is C17H19Cl2N5O2. The predicted molar refractivity (Wildman–Crippen MR) is 103 cm³/mol. The molecule has 9 heteroatoms. The van der Waals surface area contributed by atoms with Crippen molar-refractivity contribution in [3.63, 3.8) is 0 Å². The van der Waals surface area contributed by atoms with Gasteiger partial charge in [-0.2, -0.15) is 4.98 Å². The van der Waals surface area contributed by atoms with Gasteiger partial charge >= 0.3 is 6.09 Å². The van der Waals surface area contributed by atoms with Crippen LogP contribution in [0.5, 0.6) is 0 Å². The van der Waals surface area contributed by atoms with E-state index in [1.807, 2.05) is 12.1 Å². The van der Waals surface area contributed by atoms with E-state index in [0.29, 0.717) is 48.8 Å². The van der Waals surface area contributed by atoms with Crippen LogP contribution in [-0.2, 0) is 4.74 Å². The molecule has 26 heavy (non-hydrogen) atoms. The molecule has 1 amide bonds. The normalized spacial score (nSPS) is 14.3. The van der Waals surface area contributed by atoms with Crippen LogP contribution in [0.3, 0.4) is 0 Å². The Labute approximate surface area is 161 Å². The Morgan fingerprint density at radius 2 is 1.96 bits per heavy atom. The summed E-state index contributed by atoms with van der Waals surface area (Å²) in [6.45, 7) is 4.74. The number of anilines is 3. The maximum absolute atomic E-state index is 11.8. The van der Waals surface area contributed by atoms with Crippen molar-refractivity contribution in [2.24, 2.45) is 0 Å². The average Bonchev–Trinajstić information content (AvgIpc) is 2.65. The number of benzene rings is 1. The molecule has 1 aromatic carbocycles. The lowest BCUT2D eigenvalue weighted by Crippen LogP contribution is -2.49. The van der Waals surface area contributed by atoms with Gasteiger partial charge in [0.25, 0.3) is 0 Å². The van der Waals surface area contributed by atoms with Gasteiger partial charge in [0.15, 0.2) is 0 Å². The number of amides is 1. The number of rotatable bonds is 4. The minimum absolute atomic E-state index is 0.267. The monoisotopic (exact) mass is 395 g/mol. The molecule has 7 nitrogen and oxygen atoms in total. The van der Waals surface area contributed by atoms with Gasteiger partial charge in [-0.05, 0) is 31.2 Å². The topological polar surface area (TPSA) is 70.6 Å². The molecule has 3 rings (SSSR count). The summed E-state index contributed by atoms with van der Waals surface area (Å²) in [6.07, 6.45) is 1.43. The van der Waals surface area contributed by atoms with Gasteiger partial charge in [-0.15, -0.1) is 0 Å². The number of hydrogen-bond acceptors (Lipinski definition) is 6. The summed E-state index contributed by atoms with van der Waals surface area (Å²) in [5, 5.41) is 4.07. The zero-order valence-electron chi connectivity index (χ0n) is 14.3. The fourth-order valence-electron chi connectivity index (χ4n) is 2.62. The number of nitrogens with one attached hydrogen (secondary N) is 1. The zero-order valence-corrected chi connectivity index (χ0v) is 15.8. The van der Waals surface area contributed by atoms with E-state index < -0.39 is 0 Å². The molecule has 0 saturated carbocycles. The highest BCUT2D eigenvalue weighted by molar-refractivity contribution is 6.42.